The lowest BCUT2D eigenvalue weighted by molar-refractivity contribution is -0.00000159. The van der Waals surface area contributed by atoms with Crippen molar-refractivity contribution in [3.05, 3.63) is 29.8 Å². The van der Waals surface area contributed by atoms with Crippen molar-refractivity contribution in [3.63, 3.8) is 0 Å². The minimum atomic E-state index is 0. The van der Waals surface area contributed by atoms with E-state index in [1.165, 1.54) is 10.9 Å². The molecular weight excluding hydrogens is 195 g/mol. The average Bonchev–Trinajstić information content (AvgIpc) is 1.64. The third-order valence-corrected chi connectivity index (χ3v) is 1.52. The summed E-state index contributed by atoms with van der Waals surface area (Å²) in [5.41, 5.74) is 1.34. The molecule has 0 amide bonds. The molecule has 50 valence electrons. The Bertz CT molecular complexity index is 169. The van der Waals surface area contributed by atoms with Crippen molar-refractivity contribution in [2.45, 2.75) is 6.92 Å². The monoisotopic (exact) mass is 204 g/mol. The first-order valence-corrected chi connectivity index (χ1v) is 3.38. The van der Waals surface area contributed by atoms with Gasteiger partial charge in [-0.15, -0.1) is 0 Å². The van der Waals surface area contributed by atoms with E-state index in [-0.39, 0.29) is 17.0 Å². The molecule has 1 rings (SSSR count). The van der Waals surface area contributed by atoms with Crippen molar-refractivity contribution in [1.29, 1.82) is 0 Å². The highest BCUT2D eigenvalue weighted by Gasteiger charge is 1.85. The van der Waals surface area contributed by atoms with Crippen molar-refractivity contribution in [2.75, 3.05) is 0 Å². The topological polar surface area (TPSA) is 0 Å². The van der Waals surface area contributed by atoms with Gasteiger partial charge in [-0.25, -0.2) is 0 Å². The molecule has 2 heteroatoms. The normalized spacial score (nSPS) is 8.56. The highest BCUT2D eigenvalue weighted by atomic mass is 79.9. The van der Waals surface area contributed by atoms with Crippen molar-refractivity contribution in [1.82, 2.24) is 0 Å². The maximum atomic E-state index is 2.18. The van der Waals surface area contributed by atoms with Gasteiger partial charge in [-0.2, -0.15) is 0 Å². The first-order valence-electron chi connectivity index (χ1n) is 2.67. The number of hydrogen-bond donors (Lipinski definition) is 0. The molecule has 0 saturated carbocycles. The van der Waals surface area contributed by atoms with Gasteiger partial charge < -0.3 is 17.0 Å². The molecule has 0 nitrogen and oxygen atoms in total. The molecule has 1 aromatic carbocycles. The van der Waals surface area contributed by atoms with Crippen LogP contribution in [-0.2, 0) is 0 Å². The molecule has 0 aliphatic rings. The van der Waals surface area contributed by atoms with Crippen LogP contribution >= 0.6 is 9.24 Å². The molecule has 0 aliphatic carbocycles. The summed E-state index contributed by atoms with van der Waals surface area (Å²) >= 11 is 0. The van der Waals surface area contributed by atoms with Crippen LogP contribution in [0, 0.1) is 6.92 Å². The van der Waals surface area contributed by atoms with Gasteiger partial charge in [0.2, 0.25) is 0 Å². The molecule has 0 fully saturated rings. The van der Waals surface area contributed by atoms with Gasteiger partial charge >= 0.3 is 0 Å². The standard InChI is InChI=1S/C7H9P.BrH/c1-6-3-2-4-7(8)5-6;/h2-5H,8H2,1H3;1H. The minimum Gasteiger partial charge on any atom is -1.00 e. The summed E-state index contributed by atoms with van der Waals surface area (Å²) in [6.07, 6.45) is 0. The predicted octanol–water partition coefficient (Wildman–Crippen LogP) is -1.77. The highest BCUT2D eigenvalue weighted by molar-refractivity contribution is 7.27. The van der Waals surface area contributed by atoms with E-state index in [0.717, 1.165) is 0 Å². The van der Waals surface area contributed by atoms with Crippen LogP contribution < -0.4 is 22.3 Å². The summed E-state index contributed by atoms with van der Waals surface area (Å²) in [5, 5.41) is 1.37. The summed E-state index contributed by atoms with van der Waals surface area (Å²) < 4.78 is 0. The fourth-order valence-corrected chi connectivity index (χ4v) is 1.17. The van der Waals surface area contributed by atoms with Crippen molar-refractivity contribution < 1.29 is 17.0 Å². The van der Waals surface area contributed by atoms with Gasteiger partial charge in [-0.3, -0.25) is 0 Å². The third kappa shape index (κ3) is 2.98. The maximum absolute atomic E-state index is 2.18. The molecular formula is C7H10BrP. The number of benzene rings is 1. The van der Waals surface area contributed by atoms with Gasteiger partial charge in [0.15, 0.2) is 0 Å². The predicted molar refractivity (Wildman–Crippen MR) is 41.9 cm³/mol. The molecule has 0 bridgehead atoms. The Kier molecular flexibility index (Phi) is 4.09. The van der Waals surface area contributed by atoms with E-state index in [4.69, 9.17) is 0 Å². The van der Waals surface area contributed by atoms with E-state index in [1.807, 2.05) is 9.24 Å². The van der Waals surface area contributed by atoms with Gasteiger partial charge in [0.05, 0.1) is 5.30 Å². The fraction of sp³-hybridized carbons (Fsp3) is 0.143. The molecule has 0 radical (unpaired) electrons. The molecule has 0 N–H and O–H groups in total. The zero-order valence-corrected chi connectivity index (χ0v) is 8.39. The Labute approximate surface area is 68.6 Å². The zero-order chi connectivity index (χ0) is 5.98. The highest BCUT2D eigenvalue weighted by Crippen LogP contribution is 1.95. The van der Waals surface area contributed by atoms with Crippen LogP contribution in [0.3, 0.4) is 0 Å². The molecule has 0 aromatic heterocycles. The van der Waals surface area contributed by atoms with Crippen LogP contribution in [0.5, 0.6) is 0 Å². The Morgan fingerprint density at radius 3 is 2.33 bits per heavy atom. The smallest absolute Gasteiger partial charge is 0.0867 e. The second-order valence-corrected chi connectivity index (χ2v) is 2.81. The van der Waals surface area contributed by atoms with Gasteiger partial charge in [-0.1, -0.05) is 12.1 Å². The van der Waals surface area contributed by atoms with E-state index >= 15 is 0 Å². The first kappa shape index (κ1) is 9.13. The number of halogens is 1. The molecule has 0 spiro atoms. The van der Waals surface area contributed by atoms with E-state index in [2.05, 4.69) is 31.2 Å². The van der Waals surface area contributed by atoms with Crippen LogP contribution in [-0.4, -0.2) is 0 Å². The summed E-state index contributed by atoms with van der Waals surface area (Å²) in [5.74, 6) is 0. The van der Waals surface area contributed by atoms with E-state index < -0.39 is 0 Å². The van der Waals surface area contributed by atoms with Crippen molar-refractivity contribution in [3.8, 4) is 0 Å². The van der Waals surface area contributed by atoms with Crippen LogP contribution in [0.25, 0.3) is 0 Å². The Morgan fingerprint density at radius 2 is 2.00 bits per heavy atom. The molecule has 1 unspecified atom stereocenters. The fourth-order valence-electron chi connectivity index (χ4n) is 0.712. The lowest BCUT2D eigenvalue weighted by atomic mass is 10.2. The number of rotatable bonds is 0. The Morgan fingerprint density at radius 1 is 1.33 bits per heavy atom. The lowest BCUT2D eigenvalue weighted by Gasteiger charge is -1.86. The van der Waals surface area contributed by atoms with Crippen LogP contribution in [0.15, 0.2) is 24.3 Å². The van der Waals surface area contributed by atoms with Crippen molar-refractivity contribution >= 4 is 14.5 Å². The van der Waals surface area contributed by atoms with Gasteiger partial charge in [0, 0.05) is 9.24 Å². The lowest BCUT2D eigenvalue weighted by Crippen LogP contribution is -3.00. The van der Waals surface area contributed by atoms with Crippen LogP contribution in [0.4, 0.5) is 0 Å². The van der Waals surface area contributed by atoms with E-state index in [0.29, 0.717) is 0 Å². The zero-order valence-electron chi connectivity index (χ0n) is 5.39. The van der Waals surface area contributed by atoms with Gasteiger partial charge in [0.1, 0.15) is 0 Å². The Hall–Kier alpha value is 0.130. The maximum Gasteiger partial charge on any atom is 0.0867 e. The van der Waals surface area contributed by atoms with E-state index in [9.17, 15) is 0 Å². The van der Waals surface area contributed by atoms with Crippen LogP contribution in [0.1, 0.15) is 5.56 Å². The summed E-state index contributed by atoms with van der Waals surface area (Å²) in [6.45, 7) is 2.11. The molecule has 1 atom stereocenters. The molecule has 0 saturated heterocycles. The summed E-state index contributed by atoms with van der Waals surface area (Å²) in [4.78, 5) is 0. The second-order valence-electron chi connectivity index (χ2n) is 1.99. The third-order valence-electron chi connectivity index (χ3n) is 1.08. The summed E-state index contributed by atoms with van der Waals surface area (Å²) in [6, 6.07) is 8.49. The average molecular weight is 205 g/mol. The molecule has 0 aliphatic heterocycles. The molecule has 0 heterocycles. The van der Waals surface area contributed by atoms with Gasteiger partial charge in [-0.05, 0) is 24.6 Å². The van der Waals surface area contributed by atoms with E-state index in [1.54, 1.807) is 0 Å². The SMILES string of the molecule is Cc1cccc([PH3+])c1.[Br-]. The largest absolute Gasteiger partial charge is 1.00 e. The number of aryl methyl sites for hydroxylation is 1. The molecule has 1 aromatic rings. The second kappa shape index (κ2) is 4.03. The van der Waals surface area contributed by atoms with Crippen LogP contribution in [0.2, 0.25) is 0 Å². The number of hydrogen-bond acceptors (Lipinski definition) is 0. The van der Waals surface area contributed by atoms with Crippen molar-refractivity contribution in [2.24, 2.45) is 0 Å². The molecule has 9 heavy (non-hydrogen) atoms. The minimum absolute atomic E-state index is 0. The van der Waals surface area contributed by atoms with Gasteiger partial charge in [0.25, 0.3) is 0 Å². The quantitative estimate of drug-likeness (QED) is 0.440. The first-order chi connectivity index (χ1) is 3.79. The Balaban J connectivity index is 0.000000640. The summed E-state index contributed by atoms with van der Waals surface area (Å²) in [7, 11) is 1.92.